The van der Waals surface area contributed by atoms with Crippen molar-refractivity contribution in [3.63, 3.8) is 0 Å². The third kappa shape index (κ3) is 1.99. The molecule has 1 aliphatic heterocycles. The van der Waals surface area contributed by atoms with Crippen molar-refractivity contribution in [2.45, 2.75) is 70.7 Å². The lowest BCUT2D eigenvalue weighted by Crippen LogP contribution is -2.71. The minimum atomic E-state index is -0.670. The molecule has 0 aromatic carbocycles. The quantitative estimate of drug-likeness (QED) is 0.728. The van der Waals surface area contributed by atoms with Gasteiger partial charge < -0.3 is 9.47 Å². The first-order chi connectivity index (χ1) is 8.26. The van der Waals surface area contributed by atoms with E-state index in [-0.39, 0.29) is 5.92 Å². The van der Waals surface area contributed by atoms with Crippen LogP contribution in [0, 0.1) is 5.92 Å². The van der Waals surface area contributed by atoms with Gasteiger partial charge in [-0.15, -0.1) is 10.3 Å². The van der Waals surface area contributed by atoms with Crippen LogP contribution in [-0.4, -0.2) is 36.1 Å². The molecule has 0 amide bonds. The van der Waals surface area contributed by atoms with E-state index in [2.05, 4.69) is 13.8 Å². The van der Waals surface area contributed by atoms with Gasteiger partial charge in [0.2, 0.25) is 0 Å². The summed E-state index contributed by atoms with van der Waals surface area (Å²) >= 11 is 0. The maximum atomic E-state index is 12.8. The first kappa shape index (κ1) is 15.9. The van der Waals surface area contributed by atoms with Crippen molar-refractivity contribution in [1.82, 2.24) is 5.06 Å². The Morgan fingerprint density at radius 2 is 1.67 bits per heavy atom. The molecule has 1 rings (SSSR count). The fourth-order valence-electron chi connectivity index (χ4n) is 3.32. The van der Waals surface area contributed by atoms with Crippen LogP contribution >= 0.6 is 0 Å². The molecule has 0 aliphatic carbocycles. The number of piperidine rings is 1. The number of nitrogens with zero attached hydrogens (tertiary/aromatic N) is 1. The van der Waals surface area contributed by atoms with Crippen molar-refractivity contribution in [2.24, 2.45) is 5.92 Å². The molecular formula is C14H28NO3. The molecule has 1 fully saturated rings. The van der Waals surface area contributed by atoms with Crippen LogP contribution in [0.4, 0.5) is 0 Å². The predicted molar refractivity (Wildman–Crippen MR) is 70.4 cm³/mol. The molecule has 0 aromatic rings. The summed E-state index contributed by atoms with van der Waals surface area (Å²) < 4.78 is 11.4. The van der Waals surface area contributed by atoms with Crippen molar-refractivity contribution in [2.75, 3.05) is 14.2 Å². The lowest BCUT2D eigenvalue weighted by molar-refractivity contribution is -0.384. The van der Waals surface area contributed by atoms with Crippen molar-refractivity contribution < 1.29 is 14.7 Å². The van der Waals surface area contributed by atoms with E-state index in [4.69, 9.17) is 9.47 Å². The van der Waals surface area contributed by atoms with E-state index in [1.165, 1.54) is 5.06 Å². The lowest BCUT2D eigenvalue weighted by atomic mass is 9.67. The average molecular weight is 258 g/mol. The molecule has 4 heteroatoms. The fourth-order valence-corrected chi connectivity index (χ4v) is 3.32. The highest BCUT2D eigenvalue weighted by Crippen LogP contribution is 2.50. The highest BCUT2D eigenvalue weighted by Gasteiger charge is 2.61. The number of hydrogen-bond donors (Lipinski definition) is 0. The zero-order chi connectivity index (χ0) is 14.2. The largest absolute Gasteiger partial charge is 0.353 e. The molecule has 18 heavy (non-hydrogen) atoms. The van der Waals surface area contributed by atoms with E-state index in [0.717, 1.165) is 12.8 Å². The number of hydrogen-bond acceptors (Lipinski definition) is 3. The molecule has 1 aliphatic rings. The van der Waals surface area contributed by atoms with Gasteiger partial charge in [-0.05, 0) is 26.7 Å². The van der Waals surface area contributed by atoms with E-state index in [9.17, 15) is 5.21 Å². The number of ether oxygens (including phenoxy) is 2. The Balaban J connectivity index is 3.29. The summed E-state index contributed by atoms with van der Waals surface area (Å²) in [6, 6.07) is 0. The Morgan fingerprint density at radius 1 is 1.17 bits per heavy atom. The molecule has 3 atom stereocenters. The van der Waals surface area contributed by atoms with Gasteiger partial charge in [0.05, 0.1) is 11.1 Å². The second kappa shape index (κ2) is 5.08. The predicted octanol–water partition coefficient (Wildman–Crippen LogP) is 3.00. The summed E-state index contributed by atoms with van der Waals surface area (Å²) in [6.45, 7) is 10.2. The van der Waals surface area contributed by atoms with Crippen LogP contribution in [0.15, 0.2) is 0 Å². The summed E-state index contributed by atoms with van der Waals surface area (Å²) in [5.41, 5.74) is -0.904. The Kier molecular flexibility index (Phi) is 4.49. The monoisotopic (exact) mass is 258 g/mol. The molecule has 1 saturated heterocycles. The van der Waals surface area contributed by atoms with Crippen LogP contribution in [0.2, 0.25) is 0 Å². The van der Waals surface area contributed by atoms with Gasteiger partial charge in [0.1, 0.15) is 0 Å². The molecule has 0 bridgehead atoms. The van der Waals surface area contributed by atoms with E-state index in [1.54, 1.807) is 14.2 Å². The lowest BCUT2D eigenvalue weighted by Gasteiger charge is -2.59. The number of methoxy groups -OCH3 is 2. The van der Waals surface area contributed by atoms with E-state index in [1.807, 2.05) is 20.8 Å². The molecule has 3 unspecified atom stereocenters. The maximum absolute atomic E-state index is 12.8. The Bertz CT molecular complexity index is 285. The first-order valence-electron chi connectivity index (χ1n) is 6.84. The zero-order valence-corrected chi connectivity index (χ0v) is 12.9. The third-order valence-electron chi connectivity index (χ3n) is 5.34. The smallest absolute Gasteiger partial charge is 0.173 e. The fraction of sp³-hybridized carbons (Fsp3) is 1.00. The van der Waals surface area contributed by atoms with Crippen LogP contribution in [0.3, 0.4) is 0 Å². The summed E-state index contributed by atoms with van der Waals surface area (Å²) in [5.74, 6) is -0.654. The molecule has 1 radical (unpaired) electrons. The highest BCUT2D eigenvalue weighted by atomic mass is 16.7. The maximum Gasteiger partial charge on any atom is 0.173 e. The van der Waals surface area contributed by atoms with Gasteiger partial charge in [-0.3, -0.25) is 0 Å². The molecule has 107 valence electrons. The van der Waals surface area contributed by atoms with Crippen LogP contribution in [0.1, 0.15) is 53.9 Å². The van der Waals surface area contributed by atoms with Gasteiger partial charge >= 0.3 is 0 Å². The van der Waals surface area contributed by atoms with Crippen molar-refractivity contribution >= 4 is 0 Å². The molecule has 0 N–H and O–H groups in total. The van der Waals surface area contributed by atoms with Crippen molar-refractivity contribution in [1.29, 1.82) is 0 Å². The molecular weight excluding hydrogens is 230 g/mol. The van der Waals surface area contributed by atoms with E-state index >= 15 is 0 Å². The number of rotatable bonds is 4. The molecule has 0 saturated carbocycles. The summed E-state index contributed by atoms with van der Waals surface area (Å²) in [7, 11) is 3.35. The van der Waals surface area contributed by atoms with Gasteiger partial charge in [-0.25, -0.2) is 0 Å². The minimum Gasteiger partial charge on any atom is -0.353 e. The van der Waals surface area contributed by atoms with E-state index in [0.29, 0.717) is 6.42 Å². The summed E-state index contributed by atoms with van der Waals surface area (Å²) in [6.07, 6.45) is 2.17. The Labute approximate surface area is 111 Å². The molecule has 4 nitrogen and oxygen atoms in total. The molecule has 0 spiro atoms. The number of hydroxylamine groups is 2. The normalized spacial score (nSPS) is 41.0. The van der Waals surface area contributed by atoms with Crippen molar-refractivity contribution in [3.8, 4) is 0 Å². The van der Waals surface area contributed by atoms with Crippen LogP contribution in [0.5, 0.6) is 0 Å². The van der Waals surface area contributed by atoms with Gasteiger partial charge in [0.15, 0.2) is 5.79 Å². The van der Waals surface area contributed by atoms with Gasteiger partial charge in [-0.1, -0.05) is 20.8 Å². The van der Waals surface area contributed by atoms with Gasteiger partial charge in [-0.2, -0.15) is 0 Å². The summed E-state index contributed by atoms with van der Waals surface area (Å²) in [5, 5.41) is 14.1. The second-order valence-corrected chi connectivity index (χ2v) is 5.97. The van der Waals surface area contributed by atoms with Crippen molar-refractivity contribution in [3.05, 3.63) is 0 Å². The average Bonchev–Trinajstić information content (AvgIpc) is 2.41. The van der Waals surface area contributed by atoms with Crippen LogP contribution in [0.25, 0.3) is 0 Å². The third-order valence-corrected chi connectivity index (χ3v) is 5.34. The zero-order valence-electron chi connectivity index (χ0n) is 12.9. The molecule has 1 heterocycles. The Hall–Kier alpha value is -0.160. The Morgan fingerprint density at radius 3 is 2.00 bits per heavy atom. The topological polar surface area (TPSA) is 41.6 Å². The first-order valence-corrected chi connectivity index (χ1v) is 6.84. The summed E-state index contributed by atoms with van der Waals surface area (Å²) in [4.78, 5) is 0. The van der Waals surface area contributed by atoms with Crippen LogP contribution < -0.4 is 0 Å². The van der Waals surface area contributed by atoms with E-state index < -0.39 is 16.9 Å². The molecule has 0 aromatic heterocycles. The van der Waals surface area contributed by atoms with Crippen LogP contribution in [-0.2, 0) is 14.7 Å². The minimum absolute atomic E-state index is 0.0159. The van der Waals surface area contributed by atoms with Gasteiger partial charge in [0.25, 0.3) is 0 Å². The second-order valence-electron chi connectivity index (χ2n) is 5.97. The highest BCUT2D eigenvalue weighted by molar-refractivity contribution is 5.07. The van der Waals surface area contributed by atoms with Gasteiger partial charge in [0, 0.05) is 26.6 Å². The standard InChI is InChI=1S/C14H28NO3/c1-8-12(4)10-14(17-6,18-7)11(3)13(5,9-2)15(12)16/h11H,8-10H2,1-7H3. The SMILES string of the molecule is CCC1(C)CC(OC)(OC)C(C)C(C)(CC)N1[O].